The Labute approximate surface area is 192 Å². The van der Waals surface area contributed by atoms with Crippen LogP contribution in [0.1, 0.15) is 60.9 Å². The molecule has 1 N–H and O–H groups in total. The molecule has 172 valence electrons. The van der Waals surface area contributed by atoms with Crippen LogP contribution < -0.4 is 14.8 Å². The summed E-state index contributed by atoms with van der Waals surface area (Å²) in [5.74, 6) is 1.87. The van der Waals surface area contributed by atoms with E-state index in [-0.39, 0.29) is 23.9 Å². The van der Waals surface area contributed by atoms with Crippen molar-refractivity contribution in [1.29, 1.82) is 0 Å². The van der Waals surface area contributed by atoms with E-state index in [0.29, 0.717) is 0 Å². The van der Waals surface area contributed by atoms with E-state index < -0.39 is 0 Å². The van der Waals surface area contributed by atoms with Gasteiger partial charge in [-0.2, -0.15) is 0 Å². The minimum atomic E-state index is -0.00861. The van der Waals surface area contributed by atoms with E-state index in [1.54, 1.807) is 14.2 Å². The van der Waals surface area contributed by atoms with Crippen LogP contribution in [0.5, 0.6) is 11.5 Å². The molecule has 2 unspecified atom stereocenters. The van der Waals surface area contributed by atoms with Crippen molar-refractivity contribution in [3.63, 3.8) is 0 Å². The molecule has 5 heteroatoms. The van der Waals surface area contributed by atoms with E-state index >= 15 is 0 Å². The van der Waals surface area contributed by atoms with Gasteiger partial charge in [0.2, 0.25) is 5.91 Å². The van der Waals surface area contributed by atoms with Crippen LogP contribution in [0, 0.1) is 12.8 Å². The second-order valence-electron chi connectivity index (χ2n) is 9.34. The molecule has 2 atom stereocenters. The lowest BCUT2D eigenvalue weighted by atomic mass is 9.87. The van der Waals surface area contributed by atoms with Gasteiger partial charge in [-0.25, -0.2) is 0 Å². The zero-order valence-corrected chi connectivity index (χ0v) is 19.8. The van der Waals surface area contributed by atoms with Crippen LogP contribution in [0.3, 0.4) is 0 Å². The van der Waals surface area contributed by atoms with Crippen LogP contribution in [0.2, 0.25) is 0 Å². The van der Waals surface area contributed by atoms with Crippen LogP contribution >= 0.6 is 0 Å². The second kappa shape index (κ2) is 9.95. The summed E-state index contributed by atoms with van der Waals surface area (Å²) in [6.45, 7) is 6.04. The van der Waals surface area contributed by atoms with Crippen molar-refractivity contribution in [2.75, 3.05) is 20.8 Å². The van der Waals surface area contributed by atoms with Crippen molar-refractivity contribution in [1.82, 2.24) is 10.2 Å². The minimum absolute atomic E-state index is 0.00861. The molecule has 1 aliphatic heterocycles. The monoisotopic (exact) mass is 436 g/mol. The summed E-state index contributed by atoms with van der Waals surface area (Å²) in [6, 6.07) is 13.0. The lowest BCUT2D eigenvalue weighted by Gasteiger charge is -2.41. The first-order valence-corrected chi connectivity index (χ1v) is 11.8. The number of amides is 1. The molecule has 1 heterocycles. The first-order valence-electron chi connectivity index (χ1n) is 11.8. The van der Waals surface area contributed by atoms with Gasteiger partial charge in [0.15, 0.2) is 11.5 Å². The molecule has 4 rings (SSSR count). The fourth-order valence-electron chi connectivity index (χ4n) is 5.33. The van der Waals surface area contributed by atoms with Gasteiger partial charge < -0.3 is 14.8 Å². The molecule has 1 amide bonds. The first-order chi connectivity index (χ1) is 15.5. The van der Waals surface area contributed by atoms with Crippen molar-refractivity contribution in [3.05, 3.63) is 58.7 Å². The molecule has 0 bridgehead atoms. The highest BCUT2D eigenvalue weighted by Gasteiger charge is 2.35. The van der Waals surface area contributed by atoms with Crippen molar-refractivity contribution in [3.8, 4) is 11.5 Å². The second-order valence-corrected chi connectivity index (χ2v) is 9.34. The Balaban J connectivity index is 1.65. The van der Waals surface area contributed by atoms with E-state index in [1.165, 1.54) is 22.3 Å². The maximum Gasteiger partial charge on any atom is 0.223 e. The number of ether oxygens (including phenoxy) is 2. The fourth-order valence-corrected chi connectivity index (χ4v) is 5.33. The molecule has 2 aliphatic rings. The maximum atomic E-state index is 13.0. The molecule has 32 heavy (non-hydrogen) atoms. The summed E-state index contributed by atoms with van der Waals surface area (Å²) in [7, 11) is 3.36. The molecule has 5 nitrogen and oxygen atoms in total. The van der Waals surface area contributed by atoms with E-state index in [2.05, 4.69) is 60.5 Å². The lowest BCUT2D eigenvalue weighted by Crippen LogP contribution is -2.48. The molecule has 0 radical (unpaired) electrons. The normalized spacial score (nSPS) is 19.9. The molecule has 1 saturated carbocycles. The third-order valence-corrected chi connectivity index (χ3v) is 7.10. The van der Waals surface area contributed by atoms with Gasteiger partial charge in [0, 0.05) is 25.0 Å². The number of aryl methyl sites for hydroxylation is 1. The summed E-state index contributed by atoms with van der Waals surface area (Å²) in [4.78, 5) is 15.5. The van der Waals surface area contributed by atoms with Gasteiger partial charge in [-0.15, -0.1) is 0 Å². The van der Waals surface area contributed by atoms with Crippen LogP contribution in [-0.4, -0.2) is 37.6 Å². The number of carbonyl (C=O) groups is 1. The Bertz CT molecular complexity index is 935. The predicted molar refractivity (Wildman–Crippen MR) is 127 cm³/mol. The average molecular weight is 437 g/mol. The van der Waals surface area contributed by atoms with E-state index in [0.717, 1.165) is 56.7 Å². The number of nitrogens with one attached hydrogen (secondary N) is 1. The Morgan fingerprint density at radius 3 is 2.41 bits per heavy atom. The summed E-state index contributed by atoms with van der Waals surface area (Å²) < 4.78 is 11.2. The standard InChI is InChI=1S/C27H36N2O3/c1-18-9-11-20(12-10-18)17-29-14-13-22-15-24(31-3)25(32-4)16-23(22)26(29)19(2)28-27(30)21-7-5-6-8-21/h9-12,15-16,19,21,26H,5-8,13-14,17H2,1-4H3,(H,28,30). The number of nitrogens with zero attached hydrogens (tertiary/aromatic N) is 1. The average Bonchev–Trinajstić information content (AvgIpc) is 3.34. The number of methoxy groups -OCH3 is 2. The van der Waals surface area contributed by atoms with Crippen molar-refractivity contribution < 1.29 is 14.3 Å². The highest BCUT2D eigenvalue weighted by Crippen LogP contribution is 2.40. The summed E-state index contributed by atoms with van der Waals surface area (Å²) >= 11 is 0. The number of fused-ring (bicyclic) bond motifs is 1. The van der Waals surface area contributed by atoms with Crippen molar-refractivity contribution in [2.24, 2.45) is 5.92 Å². The summed E-state index contributed by atoms with van der Waals surface area (Å²) in [5.41, 5.74) is 5.05. The van der Waals surface area contributed by atoms with Gasteiger partial charge in [-0.1, -0.05) is 42.7 Å². The molecule has 1 aliphatic carbocycles. The smallest absolute Gasteiger partial charge is 0.223 e. The van der Waals surface area contributed by atoms with Crippen LogP contribution in [-0.2, 0) is 17.8 Å². The fraction of sp³-hybridized carbons (Fsp3) is 0.519. The lowest BCUT2D eigenvalue weighted by molar-refractivity contribution is -0.126. The predicted octanol–water partition coefficient (Wildman–Crippen LogP) is 4.81. The minimum Gasteiger partial charge on any atom is -0.493 e. The van der Waals surface area contributed by atoms with Crippen molar-refractivity contribution in [2.45, 2.75) is 64.6 Å². The zero-order valence-electron chi connectivity index (χ0n) is 19.8. The molecule has 2 aromatic rings. The Morgan fingerprint density at radius 1 is 1.09 bits per heavy atom. The number of rotatable bonds is 7. The van der Waals surface area contributed by atoms with E-state index in [4.69, 9.17) is 9.47 Å². The van der Waals surface area contributed by atoms with Gasteiger partial charge in [-0.05, 0) is 61.9 Å². The Morgan fingerprint density at radius 2 is 1.75 bits per heavy atom. The third-order valence-electron chi connectivity index (χ3n) is 7.10. The number of hydrogen-bond acceptors (Lipinski definition) is 4. The molecular formula is C27H36N2O3. The quantitative estimate of drug-likeness (QED) is 0.677. The summed E-state index contributed by atoms with van der Waals surface area (Å²) in [6.07, 6.45) is 5.29. The van der Waals surface area contributed by atoms with Gasteiger partial charge in [0.1, 0.15) is 0 Å². The summed E-state index contributed by atoms with van der Waals surface area (Å²) in [5, 5.41) is 3.37. The zero-order chi connectivity index (χ0) is 22.7. The Kier molecular flexibility index (Phi) is 7.04. The topological polar surface area (TPSA) is 50.8 Å². The van der Waals surface area contributed by atoms with Gasteiger partial charge in [0.25, 0.3) is 0 Å². The van der Waals surface area contributed by atoms with E-state index in [9.17, 15) is 4.79 Å². The number of hydrogen-bond donors (Lipinski definition) is 1. The van der Waals surface area contributed by atoms with Gasteiger partial charge in [0.05, 0.1) is 20.3 Å². The highest BCUT2D eigenvalue weighted by molar-refractivity contribution is 5.79. The molecule has 1 fully saturated rings. The molecule has 0 saturated heterocycles. The Hall–Kier alpha value is -2.53. The van der Waals surface area contributed by atoms with Gasteiger partial charge >= 0.3 is 0 Å². The largest absolute Gasteiger partial charge is 0.493 e. The number of benzene rings is 2. The highest BCUT2D eigenvalue weighted by atomic mass is 16.5. The molecule has 2 aromatic carbocycles. The molecular weight excluding hydrogens is 400 g/mol. The first kappa shape index (κ1) is 22.7. The number of carbonyl (C=O) groups excluding carboxylic acids is 1. The SMILES string of the molecule is COc1cc2c(cc1OC)C(C(C)NC(=O)C1CCCC1)N(Cc1ccc(C)cc1)CC2. The third kappa shape index (κ3) is 4.78. The molecule has 0 spiro atoms. The van der Waals surface area contributed by atoms with Gasteiger partial charge in [-0.3, -0.25) is 9.69 Å². The van der Waals surface area contributed by atoms with Crippen LogP contribution in [0.15, 0.2) is 36.4 Å². The van der Waals surface area contributed by atoms with E-state index in [1.807, 2.05) is 0 Å². The maximum absolute atomic E-state index is 13.0. The van der Waals surface area contributed by atoms with Crippen LogP contribution in [0.4, 0.5) is 0 Å². The van der Waals surface area contributed by atoms with Crippen LogP contribution in [0.25, 0.3) is 0 Å². The van der Waals surface area contributed by atoms with Crippen molar-refractivity contribution >= 4 is 5.91 Å². The molecule has 0 aromatic heterocycles.